The molecule has 1 aromatic heterocycles. The molecule has 0 bridgehead atoms. The van der Waals surface area contributed by atoms with Crippen molar-refractivity contribution in [2.75, 3.05) is 14.2 Å². The van der Waals surface area contributed by atoms with Crippen LogP contribution in [-0.4, -0.2) is 43.2 Å². The van der Waals surface area contributed by atoms with Crippen LogP contribution in [0.15, 0.2) is 34.0 Å². The van der Waals surface area contributed by atoms with Crippen LogP contribution in [0.3, 0.4) is 0 Å². The Hall–Kier alpha value is -2.19. The van der Waals surface area contributed by atoms with Gasteiger partial charge in [0.05, 0.1) is 17.3 Å². The highest BCUT2D eigenvalue weighted by Gasteiger charge is 2.26. The number of aromatic nitrogens is 1. The third-order valence-corrected chi connectivity index (χ3v) is 3.95. The van der Waals surface area contributed by atoms with Gasteiger partial charge >= 0.3 is 0 Å². The maximum atomic E-state index is 12.5. The van der Waals surface area contributed by atoms with Crippen LogP contribution in [0.2, 0.25) is 0 Å². The molecule has 1 heterocycles. The minimum absolute atomic E-state index is 0.426. The molecule has 2 rings (SSSR count). The van der Waals surface area contributed by atoms with Crippen molar-refractivity contribution in [2.24, 2.45) is 5.16 Å². The zero-order valence-electron chi connectivity index (χ0n) is 15.4. The van der Waals surface area contributed by atoms with Gasteiger partial charge in [-0.2, -0.15) is 0 Å². The van der Waals surface area contributed by atoms with Crippen LogP contribution in [0.1, 0.15) is 19.4 Å². The highest BCUT2D eigenvalue weighted by molar-refractivity contribution is 9.10. The van der Waals surface area contributed by atoms with E-state index in [1.165, 1.54) is 20.4 Å². The number of carbonyl (C=O) groups excluding carboxylic acids is 1. The number of hydrogen-bond acceptors (Lipinski definition) is 6. The van der Waals surface area contributed by atoms with Crippen LogP contribution in [0.5, 0.6) is 5.75 Å². The molecule has 1 unspecified atom stereocenters. The molecule has 140 valence electrons. The Kier molecular flexibility index (Phi) is 6.55. The summed E-state index contributed by atoms with van der Waals surface area (Å²) in [4.78, 5) is 21.5. The smallest absolute Gasteiger partial charge is 0.290 e. The Morgan fingerprint density at radius 1 is 1.35 bits per heavy atom. The summed E-state index contributed by atoms with van der Waals surface area (Å²) in [5, 5.41) is 7.37. The minimum atomic E-state index is -1.11. The highest BCUT2D eigenvalue weighted by Crippen LogP contribution is 2.26. The fraction of sp³-hybridized carbons (Fsp3) is 0.389. The number of fused-ring (bicyclic) bond motifs is 1. The van der Waals surface area contributed by atoms with Crippen molar-refractivity contribution in [3.63, 3.8) is 0 Å². The fourth-order valence-electron chi connectivity index (χ4n) is 2.36. The van der Waals surface area contributed by atoms with Gasteiger partial charge in [0.1, 0.15) is 12.9 Å². The van der Waals surface area contributed by atoms with Gasteiger partial charge in [0.2, 0.25) is 0 Å². The molecule has 0 radical (unpaired) electrons. The largest absolute Gasteiger partial charge is 0.455 e. The van der Waals surface area contributed by atoms with Crippen molar-refractivity contribution in [1.29, 1.82) is 0 Å². The van der Waals surface area contributed by atoms with E-state index in [0.717, 1.165) is 20.9 Å². The lowest BCUT2D eigenvalue weighted by Crippen LogP contribution is -2.51. The molecule has 1 amide bonds. The molecule has 0 saturated carbocycles. The summed E-state index contributed by atoms with van der Waals surface area (Å²) in [5.74, 6) is 0.0884. The molecule has 0 spiro atoms. The molecule has 0 aliphatic carbocycles. The third-order valence-electron chi connectivity index (χ3n) is 3.51. The molecular formula is C18H22BrN3O4. The Labute approximate surface area is 160 Å². The molecule has 26 heavy (non-hydrogen) atoms. The Bertz CT molecular complexity index is 823. The van der Waals surface area contributed by atoms with Crippen molar-refractivity contribution in [2.45, 2.75) is 32.6 Å². The molecule has 2 aromatic rings. The first kappa shape index (κ1) is 20.1. The summed E-state index contributed by atoms with van der Waals surface area (Å²) >= 11 is 3.41. The lowest BCUT2D eigenvalue weighted by atomic mass is 10.1. The molecule has 0 aliphatic rings. The molecule has 0 aliphatic heterocycles. The van der Waals surface area contributed by atoms with Crippen LogP contribution >= 0.6 is 15.9 Å². The molecule has 1 N–H and O–H groups in total. The van der Waals surface area contributed by atoms with Gasteiger partial charge in [0.15, 0.2) is 0 Å². The number of nitrogens with zero attached hydrogens (tertiary/aromatic N) is 2. The number of benzene rings is 1. The second-order valence-corrected chi connectivity index (χ2v) is 7.19. The van der Waals surface area contributed by atoms with E-state index in [2.05, 4.69) is 36.2 Å². The number of ether oxygens (including phenoxy) is 2. The topological polar surface area (TPSA) is 82.0 Å². The predicted octanol–water partition coefficient (Wildman–Crippen LogP) is 3.18. The number of aryl methyl sites for hydroxylation is 1. The van der Waals surface area contributed by atoms with Gasteiger partial charge in [0.25, 0.3) is 12.2 Å². The average Bonchev–Trinajstić information content (AvgIpc) is 2.57. The molecule has 7 nitrogen and oxygen atoms in total. The first-order chi connectivity index (χ1) is 12.3. The van der Waals surface area contributed by atoms with Gasteiger partial charge in [-0.25, -0.2) is 0 Å². The van der Waals surface area contributed by atoms with Gasteiger partial charge in [-0.1, -0.05) is 5.16 Å². The molecular weight excluding hydrogens is 402 g/mol. The van der Waals surface area contributed by atoms with Crippen LogP contribution < -0.4 is 10.1 Å². The van der Waals surface area contributed by atoms with E-state index in [1.54, 1.807) is 20.0 Å². The predicted molar refractivity (Wildman–Crippen MR) is 103 cm³/mol. The van der Waals surface area contributed by atoms with Crippen LogP contribution in [0.25, 0.3) is 10.9 Å². The van der Waals surface area contributed by atoms with Crippen molar-refractivity contribution in [3.8, 4) is 5.75 Å². The summed E-state index contributed by atoms with van der Waals surface area (Å²) in [5.41, 5.74) is 1.09. The summed E-state index contributed by atoms with van der Waals surface area (Å²) in [7, 11) is 2.84. The summed E-state index contributed by atoms with van der Waals surface area (Å²) in [6, 6.07) is 5.57. The minimum Gasteiger partial charge on any atom is -0.455 e. The number of amides is 1. The van der Waals surface area contributed by atoms with Gasteiger partial charge in [-0.3, -0.25) is 9.78 Å². The second-order valence-electron chi connectivity index (χ2n) is 6.28. The normalized spacial score (nSPS) is 13.0. The second kappa shape index (κ2) is 8.46. The number of oxime groups is 1. The monoisotopic (exact) mass is 423 g/mol. The van der Waals surface area contributed by atoms with E-state index in [9.17, 15) is 4.79 Å². The van der Waals surface area contributed by atoms with Gasteiger partial charge < -0.3 is 19.6 Å². The fourth-order valence-corrected chi connectivity index (χ4v) is 2.71. The first-order valence-corrected chi connectivity index (χ1v) is 8.70. The van der Waals surface area contributed by atoms with E-state index in [1.807, 2.05) is 25.1 Å². The highest BCUT2D eigenvalue weighted by atomic mass is 79.9. The van der Waals surface area contributed by atoms with E-state index in [-0.39, 0.29) is 0 Å². The van der Waals surface area contributed by atoms with Crippen molar-refractivity contribution < 1.29 is 19.1 Å². The number of methoxy groups -OCH3 is 1. The van der Waals surface area contributed by atoms with Crippen molar-refractivity contribution in [3.05, 3.63) is 34.4 Å². The standard InChI is InChI=1S/C18H22BrN3O4/c1-11-6-14(8-12-7-13(19)9-20-15(11)12)26-17(24-4)16(23)22-18(2,3)10-21-25-5/h6-10,17H,1-5H3,(H,22,23)/b21-10+. The van der Waals surface area contributed by atoms with Crippen molar-refractivity contribution >= 4 is 39.0 Å². The lowest BCUT2D eigenvalue weighted by molar-refractivity contribution is -0.149. The maximum absolute atomic E-state index is 12.5. The number of halogens is 1. The molecule has 0 saturated heterocycles. The van der Waals surface area contributed by atoms with E-state index >= 15 is 0 Å². The van der Waals surface area contributed by atoms with E-state index in [4.69, 9.17) is 9.47 Å². The van der Waals surface area contributed by atoms with Crippen LogP contribution in [0, 0.1) is 6.92 Å². The number of hydrogen-bond donors (Lipinski definition) is 1. The number of rotatable bonds is 7. The zero-order chi connectivity index (χ0) is 19.3. The molecule has 1 aromatic carbocycles. The van der Waals surface area contributed by atoms with Crippen LogP contribution in [0.4, 0.5) is 0 Å². The first-order valence-electron chi connectivity index (χ1n) is 7.91. The van der Waals surface area contributed by atoms with Gasteiger partial charge in [-0.05, 0) is 60.5 Å². The van der Waals surface area contributed by atoms with Crippen LogP contribution in [-0.2, 0) is 14.4 Å². The zero-order valence-corrected chi connectivity index (χ0v) is 17.0. The average molecular weight is 424 g/mol. The van der Waals surface area contributed by atoms with Crippen molar-refractivity contribution in [1.82, 2.24) is 10.3 Å². The third kappa shape index (κ3) is 5.15. The summed E-state index contributed by atoms with van der Waals surface area (Å²) in [6.45, 7) is 5.50. The van der Waals surface area contributed by atoms with E-state index in [0.29, 0.717) is 5.75 Å². The van der Waals surface area contributed by atoms with Gasteiger partial charge in [0, 0.05) is 23.2 Å². The Morgan fingerprint density at radius 3 is 2.73 bits per heavy atom. The molecule has 8 heteroatoms. The summed E-state index contributed by atoms with van der Waals surface area (Å²) < 4.78 is 11.8. The Balaban J connectivity index is 2.20. The van der Waals surface area contributed by atoms with Gasteiger partial charge in [-0.15, -0.1) is 0 Å². The maximum Gasteiger partial charge on any atom is 0.290 e. The number of nitrogens with one attached hydrogen (secondary N) is 1. The lowest BCUT2D eigenvalue weighted by Gasteiger charge is -2.24. The number of pyridine rings is 1. The van der Waals surface area contributed by atoms with E-state index < -0.39 is 17.7 Å². The molecule has 0 fully saturated rings. The quantitative estimate of drug-likeness (QED) is 0.420. The molecule has 1 atom stereocenters. The Morgan fingerprint density at radius 2 is 2.08 bits per heavy atom. The number of carbonyl (C=O) groups is 1. The SMILES string of the molecule is CO/N=C/C(C)(C)NC(=O)C(OC)Oc1cc(C)c2ncc(Br)cc2c1. The summed E-state index contributed by atoms with van der Waals surface area (Å²) in [6.07, 6.45) is 2.12.